The molecule has 4 nitrogen and oxygen atoms in total. The Balaban J connectivity index is 3.23. The Bertz CT molecular complexity index is 214. The smallest absolute Gasteiger partial charge is 0.308 e. The molecular formula is C13H25IO4. The predicted octanol–water partition coefficient (Wildman–Crippen LogP) is 2.97. The van der Waals surface area contributed by atoms with Gasteiger partial charge in [0, 0.05) is 24.2 Å². The van der Waals surface area contributed by atoms with E-state index in [1.165, 1.54) is 0 Å². The maximum absolute atomic E-state index is 11.3. The van der Waals surface area contributed by atoms with Crippen molar-refractivity contribution >= 4 is 28.6 Å². The number of ether oxygens (including phenoxy) is 3. The number of carbonyl (C=O) groups excluding carboxylic acids is 1. The predicted molar refractivity (Wildman–Crippen MR) is 80.2 cm³/mol. The number of hydrogen-bond acceptors (Lipinski definition) is 4. The normalized spacial score (nSPS) is 11.6. The summed E-state index contributed by atoms with van der Waals surface area (Å²) in [6.45, 7) is 8.18. The minimum Gasteiger partial charge on any atom is -0.460 e. The molecule has 0 spiro atoms. The molecule has 0 radical (unpaired) electrons. The summed E-state index contributed by atoms with van der Waals surface area (Å²) in [6, 6.07) is 0. The summed E-state index contributed by atoms with van der Waals surface area (Å²) in [7, 11) is 0. The van der Waals surface area contributed by atoms with Gasteiger partial charge in [-0.05, 0) is 33.6 Å². The molecule has 0 aliphatic heterocycles. The van der Waals surface area contributed by atoms with Gasteiger partial charge in [0.2, 0.25) is 0 Å². The molecule has 0 rings (SSSR count). The molecule has 0 amide bonds. The minimum atomic E-state index is -0.413. The van der Waals surface area contributed by atoms with E-state index in [2.05, 4.69) is 22.6 Å². The molecule has 0 aliphatic carbocycles. The largest absolute Gasteiger partial charge is 0.460 e. The van der Waals surface area contributed by atoms with E-state index in [4.69, 9.17) is 14.2 Å². The lowest BCUT2D eigenvalue weighted by atomic mass is 10.2. The van der Waals surface area contributed by atoms with Gasteiger partial charge in [0.05, 0.1) is 13.0 Å². The number of rotatable bonds is 10. The second-order valence-corrected chi connectivity index (χ2v) is 6.04. The molecule has 5 heteroatoms. The lowest BCUT2D eigenvalue weighted by Crippen LogP contribution is -2.24. The molecule has 18 heavy (non-hydrogen) atoms. The van der Waals surface area contributed by atoms with Crippen molar-refractivity contribution in [2.24, 2.45) is 0 Å². The fourth-order valence-electron chi connectivity index (χ4n) is 1.17. The first kappa shape index (κ1) is 18.1. The van der Waals surface area contributed by atoms with E-state index >= 15 is 0 Å². The molecule has 0 aliphatic rings. The van der Waals surface area contributed by atoms with Gasteiger partial charge in [-0.15, -0.1) is 0 Å². The third-order valence-corrected chi connectivity index (χ3v) is 2.63. The third-order valence-electron chi connectivity index (χ3n) is 1.87. The van der Waals surface area contributed by atoms with Crippen molar-refractivity contribution in [3.63, 3.8) is 0 Å². The van der Waals surface area contributed by atoms with Crippen molar-refractivity contribution in [2.75, 3.05) is 30.9 Å². The molecule has 0 heterocycles. The third kappa shape index (κ3) is 14.2. The van der Waals surface area contributed by atoms with Crippen molar-refractivity contribution < 1.29 is 19.0 Å². The fourth-order valence-corrected chi connectivity index (χ4v) is 1.48. The van der Waals surface area contributed by atoms with Crippen LogP contribution in [-0.2, 0) is 19.0 Å². The number of esters is 1. The highest BCUT2D eigenvalue weighted by Gasteiger charge is 2.15. The van der Waals surface area contributed by atoms with Crippen LogP contribution in [0.3, 0.4) is 0 Å². The van der Waals surface area contributed by atoms with Crippen LogP contribution >= 0.6 is 22.6 Å². The topological polar surface area (TPSA) is 44.8 Å². The zero-order valence-electron chi connectivity index (χ0n) is 11.7. The highest BCUT2D eigenvalue weighted by molar-refractivity contribution is 14.1. The van der Waals surface area contributed by atoms with Crippen molar-refractivity contribution in [2.45, 2.75) is 45.6 Å². The van der Waals surface area contributed by atoms with Crippen molar-refractivity contribution in [3.05, 3.63) is 0 Å². The van der Waals surface area contributed by atoms with Crippen LogP contribution in [0.1, 0.15) is 40.0 Å². The van der Waals surface area contributed by atoms with Crippen LogP contribution in [0.4, 0.5) is 0 Å². The van der Waals surface area contributed by atoms with Gasteiger partial charge in [0.15, 0.2) is 0 Å². The van der Waals surface area contributed by atoms with E-state index in [0.29, 0.717) is 19.6 Å². The van der Waals surface area contributed by atoms with Gasteiger partial charge in [-0.2, -0.15) is 0 Å². The van der Waals surface area contributed by atoms with Crippen molar-refractivity contribution in [1.29, 1.82) is 0 Å². The molecule has 0 N–H and O–H groups in total. The average Bonchev–Trinajstić information content (AvgIpc) is 2.24. The highest BCUT2D eigenvalue weighted by atomic mass is 127. The molecule has 108 valence electrons. The van der Waals surface area contributed by atoms with Crippen molar-refractivity contribution in [1.82, 2.24) is 0 Å². The van der Waals surface area contributed by atoms with Crippen LogP contribution in [0.2, 0.25) is 0 Å². The Morgan fingerprint density at radius 2 is 1.56 bits per heavy atom. The zero-order chi connectivity index (χ0) is 13.9. The van der Waals surface area contributed by atoms with Crippen LogP contribution in [-0.4, -0.2) is 42.4 Å². The van der Waals surface area contributed by atoms with Gasteiger partial charge >= 0.3 is 5.97 Å². The van der Waals surface area contributed by atoms with Crippen LogP contribution in [0.25, 0.3) is 0 Å². The molecule has 0 fully saturated rings. The van der Waals surface area contributed by atoms with E-state index in [0.717, 1.165) is 30.5 Å². The second kappa shape index (κ2) is 11.0. The van der Waals surface area contributed by atoms with E-state index in [1.807, 2.05) is 20.8 Å². The Morgan fingerprint density at radius 1 is 1.00 bits per heavy atom. The van der Waals surface area contributed by atoms with Crippen LogP contribution in [0.15, 0.2) is 0 Å². The molecule has 0 saturated carbocycles. The maximum Gasteiger partial charge on any atom is 0.308 e. The maximum atomic E-state index is 11.3. The number of alkyl halides is 1. The van der Waals surface area contributed by atoms with Gasteiger partial charge in [0.25, 0.3) is 0 Å². The zero-order valence-corrected chi connectivity index (χ0v) is 13.8. The number of hydrogen-bond donors (Lipinski definition) is 0. The summed E-state index contributed by atoms with van der Waals surface area (Å²) >= 11 is 2.33. The Morgan fingerprint density at radius 3 is 2.11 bits per heavy atom. The summed E-state index contributed by atoms with van der Waals surface area (Å²) < 4.78 is 17.0. The van der Waals surface area contributed by atoms with Crippen molar-refractivity contribution in [3.8, 4) is 0 Å². The SMILES string of the molecule is CC(C)(C)OC(=O)CCOCCCOCCCI. The Hall–Kier alpha value is 0.120. The average molecular weight is 372 g/mol. The first-order valence-corrected chi connectivity index (χ1v) is 7.91. The lowest BCUT2D eigenvalue weighted by Gasteiger charge is -2.19. The van der Waals surface area contributed by atoms with Crippen LogP contribution in [0, 0.1) is 0 Å². The molecule has 0 atom stereocenters. The minimum absolute atomic E-state index is 0.208. The van der Waals surface area contributed by atoms with Gasteiger partial charge in [-0.25, -0.2) is 0 Å². The summed E-state index contributed by atoms with van der Waals surface area (Å²) in [5.74, 6) is -0.208. The van der Waals surface area contributed by atoms with Gasteiger partial charge in [0.1, 0.15) is 5.60 Å². The standard InChI is InChI=1S/C13H25IO4/c1-13(2,3)18-12(15)6-11-17-10-5-9-16-8-4-7-14/h4-11H2,1-3H3. The van der Waals surface area contributed by atoms with E-state index < -0.39 is 5.60 Å². The molecule has 0 unspecified atom stereocenters. The van der Waals surface area contributed by atoms with E-state index in [-0.39, 0.29) is 5.97 Å². The van der Waals surface area contributed by atoms with Gasteiger partial charge in [-0.3, -0.25) is 4.79 Å². The van der Waals surface area contributed by atoms with Gasteiger partial charge < -0.3 is 14.2 Å². The molecule has 0 bridgehead atoms. The quantitative estimate of drug-likeness (QED) is 0.256. The van der Waals surface area contributed by atoms with E-state index in [9.17, 15) is 4.79 Å². The molecule has 0 aromatic carbocycles. The number of halogens is 1. The summed E-state index contributed by atoms with van der Waals surface area (Å²) in [4.78, 5) is 11.3. The molecule has 0 saturated heterocycles. The molecule has 0 aromatic heterocycles. The Kier molecular flexibility index (Phi) is 11.1. The highest BCUT2D eigenvalue weighted by Crippen LogP contribution is 2.08. The lowest BCUT2D eigenvalue weighted by molar-refractivity contribution is -0.156. The summed E-state index contributed by atoms with van der Waals surface area (Å²) in [5, 5.41) is 0. The molecule has 0 aromatic rings. The second-order valence-electron chi connectivity index (χ2n) is 4.96. The number of carbonyl (C=O) groups is 1. The monoisotopic (exact) mass is 372 g/mol. The Labute approximate surface area is 124 Å². The first-order chi connectivity index (χ1) is 8.45. The fraction of sp³-hybridized carbons (Fsp3) is 0.923. The van der Waals surface area contributed by atoms with Crippen LogP contribution < -0.4 is 0 Å². The van der Waals surface area contributed by atoms with Gasteiger partial charge in [-0.1, -0.05) is 22.6 Å². The molecular weight excluding hydrogens is 347 g/mol. The first-order valence-electron chi connectivity index (χ1n) is 6.39. The van der Waals surface area contributed by atoms with E-state index in [1.54, 1.807) is 0 Å². The summed E-state index contributed by atoms with van der Waals surface area (Å²) in [5.41, 5.74) is -0.413. The summed E-state index contributed by atoms with van der Waals surface area (Å²) in [6.07, 6.45) is 2.28. The van der Waals surface area contributed by atoms with Crippen LogP contribution in [0.5, 0.6) is 0 Å².